The summed E-state index contributed by atoms with van der Waals surface area (Å²) in [5.41, 5.74) is 13.5. The molecule has 0 saturated carbocycles. The van der Waals surface area contributed by atoms with E-state index in [4.69, 9.17) is 10.7 Å². The number of amides is 1. The van der Waals surface area contributed by atoms with Crippen molar-refractivity contribution in [1.82, 2.24) is 25.3 Å². The van der Waals surface area contributed by atoms with Gasteiger partial charge >= 0.3 is 0 Å². The lowest BCUT2D eigenvalue weighted by molar-refractivity contribution is 0.0946. The Morgan fingerprint density at radius 3 is 2.90 bits per heavy atom. The van der Waals surface area contributed by atoms with Gasteiger partial charge in [0.25, 0.3) is 5.91 Å². The Morgan fingerprint density at radius 1 is 1.17 bits per heavy atom. The van der Waals surface area contributed by atoms with Crippen molar-refractivity contribution in [2.24, 2.45) is 5.73 Å². The van der Waals surface area contributed by atoms with Gasteiger partial charge in [-0.25, -0.2) is 9.97 Å². The Hall–Kier alpha value is -3.45. The first kappa shape index (κ1) is 17.6. The number of rotatable bonds is 4. The third-order valence-corrected chi connectivity index (χ3v) is 5.51. The van der Waals surface area contributed by atoms with Gasteiger partial charge in [-0.05, 0) is 55.8 Å². The van der Waals surface area contributed by atoms with Crippen LogP contribution in [0.5, 0.6) is 0 Å². The fourth-order valence-corrected chi connectivity index (χ4v) is 4.07. The van der Waals surface area contributed by atoms with E-state index < -0.39 is 0 Å². The largest absolute Gasteiger partial charge is 0.358 e. The quantitative estimate of drug-likeness (QED) is 0.432. The maximum absolute atomic E-state index is 12.1. The summed E-state index contributed by atoms with van der Waals surface area (Å²) in [5.74, 6) is 0.614. The van der Waals surface area contributed by atoms with E-state index in [0.717, 1.165) is 52.1 Å². The highest BCUT2D eigenvalue weighted by Crippen LogP contribution is 2.28. The van der Waals surface area contributed by atoms with E-state index in [1.54, 1.807) is 6.20 Å². The van der Waals surface area contributed by atoms with E-state index in [2.05, 4.69) is 39.3 Å². The number of fused-ring (bicyclic) bond motifs is 2. The number of nitrogens with one attached hydrogen (secondary N) is 3. The molecule has 0 fully saturated rings. The molecule has 0 spiro atoms. The minimum Gasteiger partial charge on any atom is -0.358 e. The summed E-state index contributed by atoms with van der Waals surface area (Å²) in [6.07, 6.45) is 3.38. The van der Waals surface area contributed by atoms with Crippen molar-refractivity contribution >= 4 is 16.8 Å². The first-order valence-electron chi connectivity index (χ1n) is 9.79. The molecule has 0 bridgehead atoms. The molecule has 0 radical (unpaired) electrons. The van der Waals surface area contributed by atoms with Gasteiger partial charge in [0.05, 0.1) is 17.0 Å². The van der Waals surface area contributed by atoms with Gasteiger partial charge in [-0.1, -0.05) is 0 Å². The van der Waals surface area contributed by atoms with Gasteiger partial charge in [-0.15, -0.1) is 0 Å². The van der Waals surface area contributed by atoms with Crippen LogP contribution in [0.25, 0.3) is 33.7 Å². The third-order valence-electron chi connectivity index (χ3n) is 5.51. The fourth-order valence-electron chi connectivity index (χ4n) is 4.07. The summed E-state index contributed by atoms with van der Waals surface area (Å²) >= 11 is 0. The van der Waals surface area contributed by atoms with Crippen LogP contribution in [-0.2, 0) is 12.8 Å². The second kappa shape index (κ2) is 6.86. The Balaban J connectivity index is 1.56. The first-order chi connectivity index (χ1) is 14.1. The van der Waals surface area contributed by atoms with Crippen LogP contribution in [-0.4, -0.2) is 38.9 Å². The minimum atomic E-state index is -0.0382. The molecule has 146 valence electrons. The zero-order valence-corrected chi connectivity index (χ0v) is 16.2. The van der Waals surface area contributed by atoms with E-state index in [-0.39, 0.29) is 5.91 Å². The van der Waals surface area contributed by atoms with Crippen molar-refractivity contribution in [2.45, 2.75) is 19.8 Å². The average Bonchev–Trinajstić information content (AvgIpc) is 3.30. The first-order valence-corrected chi connectivity index (χ1v) is 9.79. The molecule has 29 heavy (non-hydrogen) atoms. The number of aryl methyl sites for hydroxylation is 1. The maximum Gasteiger partial charge on any atom is 0.253 e. The van der Waals surface area contributed by atoms with Gasteiger partial charge in [-0.2, -0.15) is 0 Å². The second-order valence-corrected chi connectivity index (χ2v) is 7.37. The molecule has 0 saturated heterocycles. The van der Waals surface area contributed by atoms with Crippen LogP contribution in [0.2, 0.25) is 0 Å². The van der Waals surface area contributed by atoms with Crippen LogP contribution in [0.3, 0.4) is 0 Å². The Labute approximate surface area is 167 Å². The zero-order chi connectivity index (χ0) is 20.0. The molecule has 0 unspecified atom stereocenters. The second-order valence-electron chi connectivity index (χ2n) is 7.37. The predicted octanol–water partition coefficient (Wildman–Crippen LogP) is 2.72. The molecule has 0 aliphatic carbocycles. The van der Waals surface area contributed by atoms with E-state index >= 15 is 0 Å². The lowest BCUT2D eigenvalue weighted by atomic mass is 10.0. The molecule has 1 aliphatic rings. The molecule has 0 atom stereocenters. The van der Waals surface area contributed by atoms with Gasteiger partial charge in [-0.3, -0.25) is 4.79 Å². The zero-order valence-electron chi connectivity index (χ0n) is 16.2. The summed E-state index contributed by atoms with van der Waals surface area (Å²) in [5, 5.41) is 4.03. The van der Waals surface area contributed by atoms with Crippen LogP contribution in [0.4, 0.5) is 0 Å². The van der Waals surface area contributed by atoms with Crippen molar-refractivity contribution in [2.75, 3.05) is 13.1 Å². The number of nitrogens with zero attached hydrogens (tertiary/aromatic N) is 2. The lowest BCUT2D eigenvalue weighted by Crippen LogP contribution is -2.31. The summed E-state index contributed by atoms with van der Waals surface area (Å²) < 4.78 is 0. The van der Waals surface area contributed by atoms with Gasteiger partial charge < -0.3 is 21.0 Å². The Morgan fingerprint density at radius 2 is 2.07 bits per heavy atom. The summed E-state index contributed by atoms with van der Waals surface area (Å²) in [7, 11) is 0. The molecule has 5 N–H and O–H groups in total. The van der Waals surface area contributed by atoms with Gasteiger partial charge in [0.15, 0.2) is 5.82 Å². The number of H-pyrrole nitrogens is 2. The van der Waals surface area contributed by atoms with E-state index in [0.29, 0.717) is 24.5 Å². The SMILES string of the molecule is Cc1[nH]c2ccc(-c3nccc(-c4cc5c([nH]4)CCNC5=O)n3)cc2c1CCN. The molecule has 1 amide bonds. The number of hydrogen-bond donors (Lipinski definition) is 4. The Kier molecular flexibility index (Phi) is 4.17. The molecule has 5 rings (SSSR count). The third kappa shape index (κ3) is 3.00. The highest BCUT2D eigenvalue weighted by Gasteiger charge is 2.20. The molecule has 7 nitrogen and oxygen atoms in total. The van der Waals surface area contributed by atoms with Crippen LogP contribution in [0.1, 0.15) is 27.3 Å². The number of carbonyl (C=O) groups is 1. The van der Waals surface area contributed by atoms with Crippen LogP contribution >= 0.6 is 0 Å². The minimum absolute atomic E-state index is 0.0382. The topological polar surface area (TPSA) is 112 Å². The average molecular weight is 386 g/mol. The maximum atomic E-state index is 12.1. The van der Waals surface area contributed by atoms with Crippen LogP contribution in [0, 0.1) is 6.92 Å². The van der Waals surface area contributed by atoms with Crippen molar-refractivity contribution in [3.63, 3.8) is 0 Å². The highest BCUT2D eigenvalue weighted by molar-refractivity contribution is 5.97. The van der Waals surface area contributed by atoms with Crippen molar-refractivity contribution in [3.05, 3.63) is 59.0 Å². The van der Waals surface area contributed by atoms with E-state index in [1.807, 2.05) is 18.2 Å². The lowest BCUT2D eigenvalue weighted by Gasteiger charge is -2.10. The summed E-state index contributed by atoms with van der Waals surface area (Å²) in [6.45, 7) is 3.34. The van der Waals surface area contributed by atoms with Crippen molar-refractivity contribution in [3.8, 4) is 22.8 Å². The van der Waals surface area contributed by atoms with E-state index in [9.17, 15) is 4.79 Å². The fraction of sp³-hybridized carbons (Fsp3) is 0.227. The number of aromatic nitrogens is 4. The number of benzene rings is 1. The molecule has 4 heterocycles. The molecular formula is C22H22N6O. The van der Waals surface area contributed by atoms with Crippen molar-refractivity contribution < 1.29 is 4.79 Å². The van der Waals surface area contributed by atoms with Gasteiger partial charge in [0, 0.05) is 47.0 Å². The molecule has 1 aliphatic heterocycles. The van der Waals surface area contributed by atoms with Gasteiger partial charge in [0.2, 0.25) is 0 Å². The van der Waals surface area contributed by atoms with Crippen molar-refractivity contribution in [1.29, 1.82) is 0 Å². The van der Waals surface area contributed by atoms with E-state index in [1.165, 1.54) is 5.56 Å². The molecule has 4 aromatic rings. The molecule has 1 aromatic carbocycles. The highest BCUT2D eigenvalue weighted by atomic mass is 16.1. The normalized spacial score (nSPS) is 13.5. The molecular weight excluding hydrogens is 364 g/mol. The monoisotopic (exact) mass is 386 g/mol. The molecule has 3 aromatic heterocycles. The number of nitrogens with two attached hydrogens (primary N) is 1. The number of aromatic amines is 2. The van der Waals surface area contributed by atoms with Crippen LogP contribution < -0.4 is 11.1 Å². The predicted molar refractivity (Wildman–Crippen MR) is 113 cm³/mol. The standard InChI is InChI=1S/C22H22N6O/c1-12-14(4-7-23)15-10-13(2-3-17(15)26-12)21-24-8-6-19(28-21)20-11-16-18(27-20)5-9-25-22(16)29/h2-3,6,8,10-11,26-27H,4-5,7,9,23H2,1H3,(H,25,29). The Bertz CT molecular complexity index is 1240. The van der Waals surface area contributed by atoms with Gasteiger partial charge in [0.1, 0.15) is 0 Å². The number of hydrogen-bond acceptors (Lipinski definition) is 4. The molecule has 7 heteroatoms. The summed E-state index contributed by atoms with van der Waals surface area (Å²) in [6, 6.07) is 9.93. The smallest absolute Gasteiger partial charge is 0.253 e. The van der Waals surface area contributed by atoms with Crippen LogP contribution in [0.15, 0.2) is 36.5 Å². The summed E-state index contributed by atoms with van der Waals surface area (Å²) in [4.78, 5) is 28.1. The number of carbonyl (C=O) groups excluding carboxylic acids is 1.